The SMILES string of the molecule is Cc1ccc(C)n1C(=N)/C=C(/CCl)N[C@@H]1CCOC1. The van der Waals surface area contributed by atoms with Gasteiger partial charge in [0.15, 0.2) is 0 Å². The van der Waals surface area contributed by atoms with E-state index in [9.17, 15) is 0 Å². The van der Waals surface area contributed by atoms with Crippen LogP contribution < -0.4 is 5.32 Å². The number of aromatic nitrogens is 1. The number of rotatable bonds is 4. The lowest BCUT2D eigenvalue weighted by Crippen LogP contribution is -2.30. The van der Waals surface area contributed by atoms with Crippen molar-refractivity contribution in [1.29, 1.82) is 5.41 Å². The summed E-state index contributed by atoms with van der Waals surface area (Å²) in [5, 5.41) is 11.5. The minimum Gasteiger partial charge on any atom is -0.382 e. The van der Waals surface area contributed by atoms with Crippen molar-refractivity contribution < 1.29 is 4.74 Å². The zero-order valence-electron chi connectivity index (χ0n) is 11.4. The van der Waals surface area contributed by atoms with Gasteiger partial charge in [0, 0.05) is 29.8 Å². The third-order valence-corrected chi connectivity index (χ3v) is 3.57. The zero-order valence-corrected chi connectivity index (χ0v) is 12.1. The Labute approximate surface area is 118 Å². The van der Waals surface area contributed by atoms with E-state index in [2.05, 4.69) is 5.32 Å². The number of nitrogens with zero attached hydrogens (tertiary/aromatic N) is 1. The molecule has 0 unspecified atom stereocenters. The number of halogens is 1. The van der Waals surface area contributed by atoms with Gasteiger partial charge in [0.2, 0.25) is 0 Å². The third-order valence-electron chi connectivity index (χ3n) is 3.29. The van der Waals surface area contributed by atoms with Gasteiger partial charge in [-0.25, -0.2) is 0 Å². The van der Waals surface area contributed by atoms with Gasteiger partial charge in [0.25, 0.3) is 0 Å². The second-order valence-corrected chi connectivity index (χ2v) is 5.11. The van der Waals surface area contributed by atoms with Gasteiger partial charge in [-0.3, -0.25) is 5.41 Å². The lowest BCUT2D eigenvalue weighted by atomic mass is 10.2. The van der Waals surface area contributed by atoms with Gasteiger partial charge in [0.1, 0.15) is 5.84 Å². The first kappa shape index (κ1) is 14.2. The third kappa shape index (κ3) is 3.39. The maximum atomic E-state index is 8.19. The van der Waals surface area contributed by atoms with Crippen molar-refractivity contribution in [3.8, 4) is 0 Å². The molecule has 0 radical (unpaired) electrons. The summed E-state index contributed by atoms with van der Waals surface area (Å²) in [4.78, 5) is 0. The second-order valence-electron chi connectivity index (χ2n) is 4.84. The molecule has 1 atom stereocenters. The van der Waals surface area contributed by atoms with Gasteiger partial charge in [0.05, 0.1) is 18.5 Å². The van der Waals surface area contributed by atoms with Crippen molar-refractivity contribution in [2.45, 2.75) is 26.3 Å². The van der Waals surface area contributed by atoms with Crippen LogP contribution in [0.5, 0.6) is 0 Å². The minimum atomic E-state index is 0.310. The van der Waals surface area contributed by atoms with Crippen LogP contribution in [0.25, 0.3) is 0 Å². The first-order chi connectivity index (χ1) is 9.11. The van der Waals surface area contributed by atoms with E-state index >= 15 is 0 Å². The molecule has 104 valence electrons. The molecule has 2 heterocycles. The standard InChI is InChI=1S/C14H20ClN3O/c1-10-3-4-11(2)18(10)14(16)7-13(8-15)17-12-5-6-19-9-12/h3-4,7,12,16-17H,5-6,8-9H2,1-2H3/b13-7-,16-14?/t12-/m1/s1. The van der Waals surface area contributed by atoms with Crippen LogP contribution in [-0.2, 0) is 4.74 Å². The Hall–Kier alpha value is -1.26. The van der Waals surface area contributed by atoms with Gasteiger partial charge in [-0.1, -0.05) is 0 Å². The highest BCUT2D eigenvalue weighted by atomic mass is 35.5. The monoisotopic (exact) mass is 281 g/mol. The first-order valence-electron chi connectivity index (χ1n) is 6.46. The van der Waals surface area contributed by atoms with Gasteiger partial charge >= 0.3 is 0 Å². The Morgan fingerprint density at radius 3 is 2.74 bits per heavy atom. The lowest BCUT2D eigenvalue weighted by molar-refractivity contribution is 0.191. The van der Waals surface area contributed by atoms with E-state index in [1.54, 1.807) is 6.08 Å². The van der Waals surface area contributed by atoms with Crippen molar-refractivity contribution in [2.24, 2.45) is 0 Å². The summed E-state index contributed by atoms with van der Waals surface area (Å²) in [6.45, 7) is 5.49. The number of allylic oxidation sites excluding steroid dienone is 2. The highest BCUT2D eigenvalue weighted by molar-refractivity contribution is 6.19. The van der Waals surface area contributed by atoms with Gasteiger partial charge in [-0.2, -0.15) is 0 Å². The highest BCUT2D eigenvalue weighted by Gasteiger charge is 2.16. The fourth-order valence-electron chi connectivity index (χ4n) is 2.31. The van der Waals surface area contributed by atoms with E-state index in [-0.39, 0.29) is 0 Å². The summed E-state index contributed by atoms with van der Waals surface area (Å²) in [5.74, 6) is 0.806. The summed E-state index contributed by atoms with van der Waals surface area (Å²) in [5.41, 5.74) is 2.98. The number of ether oxygens (including phenoxy) is 1. The van der Waals surface area contributed by atoms with Crippen LogP contribution in [0.4, 0.5) is 0 Å². The molecule has 0 amide bonds. The Morgan fingerprint density at radius 1 is 1.53 bits per heavy atom. The molecule has 1 aliphatic rings. The smallest absolute Gasteiger partial charge is 0.131 e. The Kier molecular flexibility index (Phi) is 4.66. The molecule has 0 saturated carbocycles. The predicted octanol–water partition coefficient (Wildman–Crippen LogP) is 2.43. The van der Waals surface area contributed by atoms with E-state index in [0.29, 0.717) is 24.4 Å². The van der Waals surface area contributed by atoms with Crippen LogP contribution in [0.3, 0.4) is 0 Å². The number of hydrogen-bond donors (Lipinski definition) is 2. The molecule has 1 aromatic heterocycles. The Balaban J connectivity index is 2.11. The molecule has 1 aliphatic heterocycles. The van der Waals surface area contributed by atoms with Crippen molar-refractivity contribution >= 4 is 17.4 Å². The van der Waals surface area contributed by atoms with Crippen LogP contribution in [-0.4, -0.2) is 35.5 Å². The molecule has 2 N–H and O–H groups in total. The van der Waals surface area contributed by atoms with Crippen molar-refractivity contribution in [3.63, 3.8) is 0 Å². The lowest BCUT2D eigenvalue weighted by Gasteiger charge is -2.15. The minimum absolute atomic E-state index is 0.310. The molecule has 1 saturated heterocycles. The maximum Gasteiger partial charge on any atom is 0.131 e. The fourth-order valence-corrected chi connectivity index (χ4v) is 2.46. The fraction of sp³-hybridized carbons (Fsp3) is 0.500. The summed E-state index contributed by atoms with van der Waals surface area (Å²) in [6.07, 6.45) is 2.79. The summed E-state index contributed by atoms with van der Waals surface area (Å²) < 4.78 is 7.23. The highest BCUT2D eigenvalue weighted by Crippen LogP contribution is 2.10. The van der Waals surface area contributed by atoms with Crippen LogP contribution >= 0.6 is 11.6 Å². The number of nitrogens with one attached hydrogen (secondary N) is 2. The van der Waals surface area contributed by atoms with Crippen molar-refractivity contribution in [1.82, 2.24) is 9.88 Å². The zero-order chi connectivity index (χ0) is 13.8. The molecule has 19 heavy (non-hydrogen) atoms. The van der Waals surface area contributed by atoms with Gasteiger partial charge in [-0.05, 0) is 32.4 Å². The average molecular weight is 282 g/mol. The molecular formula is C14H20ClN3O. The molecule has 0 bridgehead atoms. The van der Waals surface area contributed by atoms with E-state index in [4.69, 9.17) is 21.7 Å². The van der Waals surface area contributed by atoms with Gasteiger partial charge in [-0.15, -0.1) is 11.6 Å². The molecule has 1 aromatic rings. The molecular weight excluding hydrogens is 262 g/mol. The van der Waals surface area contributed by atoms with Crippen LogP contribution in [0.1, 0.15) is 17.8 Å². The molecule has 0 aromatic carbocycles. The van der Waals surface area contributed by atoms with Crippen LogP contribution in [0.2, 0.25) is 0 Å². The van der Waals surface area contributed by atoms with E-state index in [1.165, 1.54) is 0 Å². The van der Waals surface area contributed by atoms with Crippen molar-refractivity contribution in [3.05, 3.63) is 35.3 Å². The van der Waals surface area contributed by atoms with Crippen LogP contribution in [0, 0.1) is 19.3 Å². The Morgan fingerprint density at radius 2 is 2.21 bits per heavy atom. The van der Waals surface area contributed by atoms with Crippen LogP contribution in [0.15, 0.2) is 23.9 Å². The van der Waals surface area contributed by atoms with Gasteiger partial charge < -0.3 is 14.6 Å². The Bertz CT molecular complexity index is 467. The van der Waals surface area contributed by atoms with E-state index in [1.807, 2.05) is 30.5 Å². The molecule has 1 fully saturated rings. The van der Waals surface area contributed by atoms with E-state index in [0.717, 1.165) is 30.1 Å². The molecule has 4 nitrogen and oxygen atoms in total. The van der Waals surface area contributed by atoms with E-state index < -0.39 is 0 Å². The first-order valence-corrected chi connectivity index (χ1v) is 7.00. The molecule has 2 rings (SSSR count). The summed E-state index contributed by atoms with van der Waals surface area (Å²) in [6, 6.07) is 4.33. The largest absolute Gasteiger partial charge is 0.382 e. The number of aryl methyl sites for hydroxylation is 2. The second kappa shape index (κ2) is 6.26. The number of alkyl halides is 1. The molecule has 0 aliphatic carbocycles. The summed E-state index contributed by atoms with van der Waals surface area (Å²) in [7, 11) is 0. The number of hydrogen-bond acceptors (Lipinski definition) is 3. The average Bonchev–Trinajstić information content (AvgIpc) is 2.99. The molecule has 5 heteroatoms. The maximum absolute atomic E-state index is 8.19. The predicted molar refractivity (Wildman–Crippen MR) is 78.2 cm³/mol. The van der Waals surface area contributed by atoms with Crippen molar-refractivity contribution in [2.75, 3.05) is 19.1 Å². The quantitative estimate of drug-likeness (QED) is 0.506. The molecule has 0 spiro atoms. The normalized spacial score (nSPS) is 19.7. The summed E-state index contributed by atoms with van der Waals surface area (Å²) >= 11 is 5.95. The topological polar surface area (TPSA) is 50.0 Å².